The highest BCUT2D eigenvalue weighted by atomic mass is 32.2. The zero-order chi connectivity index (χ0) is 19.2. The van der Waals surface area contributed by atoms with E-state index in [9.17, 15) is 12.8 Å². The molecule has 0 atom stereocenters. The molecule has 1 saturated heterocycles. The lowest BCUT2D eigenvalue weighted by molar-refractivity contribution is 0.317. The van der Waals surface area contributed by atoms with Crippen LogP contribution in [0.5, 0.6) is 0 Å². The molecule has 0 radical (unpaired) electrons. The minimum atomic E-state index is -3.47. The van der Waals surface area contributed by atoms with E-state index in [0.29, 0.717) is 18.0 Å². The lowest BCUT2D eigenvalue weighted by Crippen LogP contribution is -2.38. The van der Waals surface area contributed by atoms with Crippen molar-refractivity contribution in [3.05, 3.63) is 65.1 Å². The van der Waals surface area contributed by atoms with Crippen molar-refractivity contribution in [2.45, 2.75) is 37.5 Å². The molecular formula is C21H23FN2O2S. The Morgan fingerprint density at radius 3 is 2.48 bits per heavy atom. The van der Waals surface area contributed by atoms with Crippen LogP contribution in [0.1, 0.15) is 35.6 Å². The van der Waals surface area contributed by atoms with Crippen molar-refractivity contribution < 1.29 is 12.8 Å². The summed E-state index contributed by atoms with van der Waals surface area (Å²) in [5.41, 5.74) is 3.81. The third-order valence-corrected chi connectivity index (χ3v) is 7.50. The molecule has 2 heterocycles. The first kappa shape index (κ1) is 18.2. The highest BCUT2D eigenvalue weighted by Crippen LogP contribution is 2.32. The molecule has 2 aromatic carbocycles. The van der Waals surface area contributed by atoms with E-state index in [1.165, 1.54) is 12.1 Å². The van der Waals surface area contributed by atoms with Gasteiger partial charge in [-0.1, -0.05) is 17.7 Å². The topological polar surface area (TPSA) is 53.2 Å². The van der Waals surface area contributed by atoms with Crippen molar-refractivity contribution in [3.8, 4) is 0 Å². The smallest absolute Gasteiger partial charge is 0.243 e. The maximum Gasteiger partial charge on any atom is 0.243 e. The van der Waals surface area contributed by atoms with E-state index in [-0.39, 0.29) is 11.7 Å². The Morgan fingerprint density at radius 2 is 1.78 bits per heavy atom. The van der Waals surface area contributed by atoms with Gasteiger partial charge in [0, 0.05) is 35.6 Å². The van der Waals surface area contributed by atoms with Crippen LogP contribution in [0.25, 0.3) is 10.9 Å². The van der Waals surface area contributed by atoms with Crippen LogP contribution < -0.4 is 0 Å². The zero-order valence-electron chi connectivity index (χ0n) is 15.5. The minimum absolute atomic E-state index is 0.248. The number of nitrogens with one attached hydrogen (secondary N) is 1. The Hall–Kier alpha value is -2.18. The molecule has 4 nitrogen and oxygen atoms in total. The average molecular weight is 386 g/mol. The quantitative estimate of drug-likeness (QED) is 0.721. The molecule has 0 amide bonds. The van der Waals surface area contributed by atoms with Gasteiger partial charge in [-0.15, -0.1) is 0 Å². The predicted molar refractivity (Wildman–Crippen MR) is 105 cm³/mol. The first-order valence-corrected chi connectivity index (χ1v) is 10.6. The number of piperidine rings is 1. The largest absolute Gasteiger partial charge is 0.358 e. The third kappa shape index (κ3) is 3.39. The summed E-state index contributed by atoms with van der Waals surface area (Å²) in [4.78, 5) is 3.75. The van der Waals surface area contributed by atoms with Crippen LogP contribution >= 0.6 is 0 Å². The van der Waals surface area contributed by atoms with Crippen LogP contribution in [-0.4, -0.2) is 30.8 Å². The molecule has 1 fully saturated rings. The summed E-state index contributed by atoms with van der Waals surface area (Å²) in [5, 5.41) is 0.857. The number of aromatic nitrogens is 1. The molecular weight excluding hydrogens is 363 g/mol. The van der Waals surface area contributed by atoms with E-state index in [1.54, 1.807) is 16.4 Å². The summed E-state index contributed by atoms with van der Waals surface area (Å²) >= 11 is 0. The number of H-pyrrole nitrogens is 1. The highest BCUT2D eigenvalue weighted by molar-refractivity contribution is 7.89. The standard InChI is InChI=1S/C21H23FN2O2S/c1-14-3-6-21(15(2)11-14)27(25,26)24-9-7-16(8-10-24)20-13-17-12-18(22)4-5-19(17)23-20/h3-6,11-13,16,23H,7-10H2,1-2H3. The van der Waals surface area contributed by atoms with E-state index in [0.717, 1.165) is 40.6 Å². The molecule has 0 bridgehead atoms. The second-order valence-electron chi connectivity index (χ2n) is 7.40. The number of sulfonamides is 1. The van der Waals surface area contributed by atoms with Gasteiger partial charge in [0.25, 0.3) is 0 Å². The molecule has 4 rings (SSSR count). The Bertz CT molecular complexity index is 1100. The molecule has 0 spiro atoms. The van der Waals surface area contributed by atoms with E-state index >= 15 is 0 Å². The van der Waals surface area contributed by atoms with Gasteiger partial charge in [0.2, 0.25) is 10.0 Å². The maximum absolute atomic E-state index is 13.4. The maximum atomic E-state index is 13.4. The van der Waals surface area contributed by atoms with Crippen LogP contribution in [0.15, 0.2) is 47.4 Å². The number of nitrogens with zero attached hydrogens (tertiary/aromatic N) is 1. The Labute approximate surface area is 159 Å². The number of rotatable bonds is 3. The second-order valence-corrected chi connectivity index (χ2v) is 9.31. The van der Waals surface area contributed by atoms with E-state index in [1.807, 2.05) is 32.0 Å². The van der Waals surface area contributed by atoms with Gasteiger partial charge in [0.05, 0.1) is 4.90 Å². The molecule has 142 valence electrons. The summed E-state index contributed by atoms with van der Waals surface area (Å²) in [6.07, 6.45) is 1.50. The SMILES string of the molecule is Cc1ccc(S(=O)(=O)N2CCC(c3cc4cc(F)ccc4[nH]3)CC2)c(C)c1. The monoisotopic (exact) mass is 386 g/mol. The molecule has 3 aromatic rings. The number of hydrogen-bond acceptors (Lipinski definition) is 2. The third-order valence-electron chi connectivity index (χ3n) is 5.45. The van der Waals surface area contributed by atoms with Crippen molar-refractivity contribution >= 4 is 20.9 Å². The summed E-state index contributed by atoms with van der Waals surface area (Å²) in [6, 6.07) is 12.2. The van der Waals surface area contributed by atoms with Gasteiger partial charge in [-0.05, 0) is 62.6 Å². The van der Waals surface area contributed by atoms with Gasteiger partial charge in [-0.2, -0.15) is 4.31 Å². The van der Waals surface area contributed by atoms with Crippen LogP contribution in [0, 0.1) is 19.7 Å². The van der Waals surface area contributed by atoms with Gasteiger partial charge in [0.15, 0.2) is 0 Å². The van der Waals surface area contributed by atoms with Gasteiger partial charge in [-0.3, -0.25) is 0 Å². The van der Waals surface area contributed by atoms with Crippen molar-refractivity contribution in [3.63, 3.8) is 0 Å². The first-order chi connectivity index (χ1) is 12.8. The van der Waals surface area contributed by atoms with Crippen LogP contribution in [0.2, 0.25) is 0 Å². The summed E-state index contributed by atoms with van der Waals surface area (Å²) in [7, 11) is -3.47. The molecule has 6 heteroatoms. The summed E-state index contributed by atoms with van der Waals surface area (Å²) in [5.74, 6) is 0.00783. The lowest BCUT2D eigenvalue weighted by Gasteiger charge is -2.31. The van der Waals surface area contributed by atoms with E-state index in [4.69, 9.17) is 0 Å². The molecule has 1 N–H and O–H groups in total. The number of aryl methyl sites for hydroxylation is 2. The van der Waals surface area contributed by atoms with Crippen molar-refractivity contribution in [1.82, 2.24) is 9.29 Å². The summed E-state index contributed by atoms with van der Waals surface area (Å²) in [6.45, 7) is 4.78. The zero-order valence-corrected chi connectivity index (χ0v) is 16.3. The molecule has 0 aliphatic carbocycles. The molecule has 1 aliphatic heterocycles. The Morgan fingerprint density at radius 1 is 1.04 bits per heavy atom. The fourth-order valence-corrected chi connectivity index (χ4v) is 5.66. The molecule has 1 aliphatic rings. The normalized spacial score (nSPS) is 16.9. The van der Waals surface area contributed by atoms with Crippen LogP contribution in [0.3, 0.4) is 0 Å². The van der Waals surface area contributed by atoms with Gasteiger partial charge in [-0.25, -0.2) is 12.8 Å². The van der Waals surface area contributed by atoms with Gasteiger partial charge in [0.1, 0.15) is 5.82 Å². The number of fused-ring (bicyclic) bond motifs is 1. The van der Waals surface area contributed by atoms with Gasteiger partial charge < -0.3 is 4.98 Å². The molecule has 1 aromatic heterocycles. The van der Waals surface area contributed by atoms with E-state index < -0.39 is 10.0 Å². The molecule has 0 saturated carbocycles. The van der Waals surface area contributed by atoms with Gasteiger partial charge >= 0.3 is 0 Å². The first-order valence-electron chi connectivity index (χ1n) is 9.20. The van der Waals surface area contributed by atoms with Crippen LogP contribution in [-0.2, 0) is 10.0 Å². The van der Waals surface area contributed by atoms with Crippen molar-refractivity contribution in [2.24, 2.45) is 0 Å². The Kier molecular flexibility index (Phi) is 4.56. The number of halogens is 1. The highest BCUT2D eigenvalue weighted by Gasteiger charge is 2.31. The molecule has 27 heavy (non-hydrogen) atoms. The number of aromatic amines is 1. The fourth-order valence-electron chi connectivity index (χ4n) is 3.98. The average Bonchev–Trinajstić information content (AvgIpc) is 3.04. The fraction of sp³-hybridized carbons (Fsp3) is 0.333. The van der Waals surface area contributed by atoms with Crippen molar-refractivity contribution in [2.75, 3.05) is 13.1 Å². The summed E-state index contributed by atoms with van der Waals surface area (Å²) < 4.78 is 41.0. The number of benzene rings is 2. The van der Waals surface area contributed by atoms with Crippen LogP contribution in [0.4, 0.5) is 4.39 Å². The van der Waals surface area contributed by atoms with E-state index in [2.05, 4.69) is 4.98 Å². The lowest BCUT2D eigenvalue weighted by atomic mass is 9.95. The minimum Gasteiger partial charge on any atom is -0.358 e. The molecule has 0 unspecified atom stereocenters. The number of hydrogen-bond donors (Lipinski definition) is 1. The second kappa shape index (κ2) is 6.77. The van der Waals surface area contributed by atoms with Crippen molar-refractivity contribution in [1.29, 1.82) is 0 Å². The Balaban J connectivity index is 1.52. The predicted octanol–water partition coefficient (Wildman–Crippen LogP) is 4.49.